The molecule has 0 fully saturated rings. The topological polar surface area (TPSA) is 72.8 Å². The minimum atomic E-state index is -0.896. The van der Waals surface area contributed by atoms with Gasteiger partial charge in [-0.1, -0.05) is 66.7 Å². The van der Waals surface area contributed by atoms with Crippen molar-refractivity contribution in [1.29, 1.82) is 0 Å². The molecule has 3 heterocycles. The van der Waals surface area contributed by atoms with E-state index in [0.29, 0.717) is 17.3 Å². The van der Waals surface area contributed by atoms with Crippen LogP contribution in [0.25, 0.3) is 5.69 Å². The Bertz CT molecular complexity index is 1600. The molecular weight excluding hydrogens is 424 g/mol. The van der Waals surface area contributed by atoms with Crippen molar-refractivity contribution in [2.45, 2.75) is 18.8 Å². The van der Waals surface area contributed by atoms with Crippen LogP contribution in [0.1, 0.15) is 39.1 Å². The van der Waals surface area contributed by atoms with Gasteiger partial charge in [0.05, 0.1) is 34.3 Å². The van der Waals surface area contributed by atoms with Gasteiger partial charge in [0.1, 0.15) is 0 Å². The van der Waals surface area contributed by atoms with E-state index in [2.05, 4.69) is 46.4 Å². The average Bonchev–Trinajstić information content (AvgIpc) is 3.21. The van der Waals surface area contributed by atoms with Gasteiger partial charge in [0.2, 0.25) is 11.8 Å². The Labute approximate surface area is 195 Å². The fraction of sp³-hybridized carbons (Fsp3) is 0.107. The summed E-state index contributed by atoms with van der Waals surface area (Å²) in [5.74, 6) is 0.889. The second kappa shape index (κ2) is 6.78. The minimum Gasteiger partial charge on any atom is -0.420 e. The molecule has 0 saturated heterocycles. The zero-order valence-corrected chi connectivity index (χ0v) is 18.4. The maximum Gasteiger partial charge on any atom is 0.259 e. The molecule has 1 spiro atoms. The summed E-state index contributed by atoms with van der Waals surface area (Å²) in [7, 11) is 0. The molecule has 0 amide bonds. The summed E-state index contributed by atoms with van der Waals surface area (Å²) in [5, 5.41) is 4.92. The van der Waals surface area contributed by atoms with Gasteiger partial charge in [-0.15, -0.1) is 0 Å². The smallest absolute Gasteiger partial charge is 0.259 e. The summed E-state index contributed by atoms with van der Waals surface area (Å²) in [6, 6.07) is 26.6. The Morgan fingerprint density at radius 2 is 1.53 bits per heavy atom. The molecule has 0 saturated carbocycles. The van der Waals surface area contributed by atoms with Crippen molar-refractivity contribution in [3.8, 4) is 17.4 Å². The molecule has 0 radical (unpaired) electrons. The molecule has 5 aromatic rings. The quantitative estimate of drug-likeness (QED) is 0.400. The van der Waals surface area contributed by atoms with Gasteiger partial charge in [-0.3, -0.25) is 4.79 Å². The number of aromatic amines is 1. The summed E-state index contributed by atoms with van der Waals surface area (Å²) < 4.78 is 8.21. The Morgan fingerprint density at radius 1 is 0.882 bits per heavy atom. The maximum atomic E-state index is 13.6. The highest BCUT2D eigenvalue weighted by atomic mass is 16.5. The van der Waals surface area contributed by atoms with E-state index in [1.807, 2.05) is 54.1 Å². The third kappa shape index (κ3) is 2.32. The van der Waals surface area contributed by atoms with E-state index >= 15 is 0 Å². The number of aryl methyl sites for hydroxylation is 1. The molecule has 34 heavy (non-hydrogen) atoms. The number of aromatic nitrogens is 4. The first-order valence-electron chi connectivity index (χ1n) is 11.3. The van der Waals surface area contributed by atoms with Crippen LogP contribution in [0.2, 0.25) is 0 Å². The first-order valence-corrected chi connectivity index (χ1v) is 11.3. The Hall–Kier alpha value is -4.45. The van der Waals surface area contributed by atoms with Crippen LogP contribution < -0.4 is 10.3 Å². The molecular formula is C28H20N4O2. The molecule has 164 valence electrons. The number of rotatable bonds is 1. The Kier molecular flexibility index (Phi) is 3.80. The number of para-hydroxylation sites is 1. The van der Waals surface area contributed by atoms with Crippen LogP contribution in [0.5, 0.6) is 11.8 Å². The summed E-state index contributed by atoms with van der Waals surface area (Å²) in [5.41, 5.74) is 6.43. The van der Waals surface area contributed by atoms with Gasteiger partial charge in [0.15, 0.2) is 0 Å². The number of ether oxygens (including phenoxy) is 1. The molecule has 0 unspecified atom stereocenters. The van der Waals surface area contributed by atoms with Gasteiger partial charge in [0, 0.05) is 0 Å². The Morgan fingerprint density at radius 3 is 2.24 bits per heavy atom. The Balaban J connectivity index is 1.70. The highest BCUT2D eigenvalue weighted by Crippen LogP contribution is 2.58. The average molecular weight is 444 g/mol. The number of fused-ring (bicyclic) bond motifs is 8. The van der Waals surface area contributed by atoms with E-state index in [4.69, 9.17) is 9.84 Å². The molecule has 3 aromatic carbocycles. The van der Waals surface area contributed by atoms with E-state index < -0.39 is 5.41 Å². The van der Waals surface area contributed by atoms with E-state index in [-0.39, 0.29) is 5.56 Å². The van der Waals surface area contributed by atoms with E-state index in [9.17, 15) is 4.79 Å². The first-order chi connectivity index (χ1) is 16.7. The standard InChI is InChI=1S/C28H20N4O2/c1-17-23-27(32(31-17)20-11-3-2-4-12-20)34-26-24(25(33)29-16-30-26)28(23)21-13-7-5-9-18(21)15-19-10-6-8-14-22(19)28/h2-14,16H,15H2,1H3,(H,29,30,33). The molecule has 1 aliphatic heterocycles. The van der Waals surface area contributed by atoms with Gasteiger partial charge < -0.3 is 9.72 Å². The highest BCUT2D eigenvalue weighted by molar-refractivity contribution is 5.72. The molecule has 6 heteroatoms. The molecule has 1 aliphatic carbocycles. The molecule has 6 nitrogen and oxygen atoms in total. The van der Waals surface area contributed by atoms with Gasteiger partial charge >= 0.3 is 0 Å². The van der Waals surface area contributed by atoms with E-state index in [1.165, 1.54) is 17.5 Å². The van der Waals surface area contributed by atoms with Crippen LogP contribution in [-0.2, 0) is 11.8 Å². The zero-order chi connectivity index (χ0) is 22.9. The van der Waals surface area contributed by atoms with Crippen LogP contribution in [0, 0.1) is 6.92 Å². The lowest BCUT2D eigenvalue weighted by atomic mass is 9.59. The molecule has 2 aliphatic rings. The van der Waals surface area contributed by atoms with Gasteiger partial charge in [-0.25, -0.2) is 9.67 Å². The van der Waals surface area contributed by atoms with Crippen molar-refractivity contribution in [3.63, 3.8) is 0 Å². The van der Waals surface area contributed by atoms with Crippen molar-refractivity contribution >= 4 is 0 Å². The summed E-state index contributed by atoms with van der Waals surface area (Å²) >= 11 is 0. The number of H-pyrrole nitrogens is 1. The zero-order valence-electron chi connectivity index (χ0n) is 18.4. The van der Waals surface area contributed by atoms with Crippen molar-refractivity contribution < 1.29 is 4.74 Å². The van der Waals surface area contributed by atoms with Gasteiger partial charge in [-0.2, -0.15) is 5.10 Å². The van der Waals surface area contributed by atoms with Crippen LogP contribution in [-0.4, -0.2) is 19.7 Å². The maximum absolute atomic E-state index is 13.6. The normalized spacial score (nSPS) is 14.5. The van der Waals surface area contributed by atoms with Crippen molar-refractivity contribution in [2.75, 3.05) is 0 Å². The molecule has 0 bridgehead atoms. The second-order valence-electron chi connectivity index (χ2n) is 8.77. The second-order valence-corrected chi connectivity index (χ2v) is 8.77. The third-order valence-electron chi connectivity index (χ3n) is 7.00. The SMILES string of the molecule is Cc1nn(-c2ccccc2)c2c1C1(c3ccccc3Cc3ccccc31)c1c(nc[nH]c1=O)O2. The molecule has 7 rings (SSSR count). The lowest BCUT2D eigenvalue weighted by Gasteiger charge is -2.43. The highest BCUT2D eigenvalue weighted by Gasteiger charge is 2.54. The monoisotopic (exact) mass is 444 g/mol. The van der Waals surface area contributed by atoms with E-state index in [1.54, 1.807) is 0 Å². The number of nitrogens with one attached hydrogen (secondary N) is 1. The number of benzene rings is 3. The molecule has 1 N–H and O–H groups in total. The van der Waals surface area contributed by atoms with Crippen LogP contribution in [0.3, 0.4) is 0 Å². The summed E-state index contributed by atoms with van der Waals surface area (Å²) in [6.45, 7) is 1.98. The van der Waals surface area contributed by atoms with Crippen LogP contribution in [0.15, 0.2) is 90.0 Å². The van der Waals surface area contributed by atoms with Gasteiger partial charge in [-0.05, 0) is 47.7 Å². The van der Waals surface area contributed by atoms with Crippen LogP contribution in [0.4, 0.5) is 0 Å². The molecule has 0 atom stereocenters. The number of hydrogen-bond acceptors (Lipinski definition) is 4. The number of nitrogens with zero attached hydrogens (tertiary/aromatic N) is 3. The van der Waals surface area contributed by atoms with Gasteiger partial charge in [0.25, 0.3) is 5.56 Å². The van der Waals surface area contributed by atoms with Crippen LogP contribution >= 0.6 is 0 Å². The van der Waals surface area contributed by atoms with Crippen molar-refractivity contribution in [3.05, 3.63) is 135 Å². The summed E-state index contributed by atoms with van der Waals surface area (Å²) in [6.07, 6.45) is 2.19. The van der Waals surface area contributed by atoms with Crippen molar-refractivity contribution in [2.24, 2.45) is 0 Å². The minimum absolute atomic E-state index is 0.214. The first kappa shape index (κ1) is 19.1. The fourth-order valence-corrected chi connectivity index (χ4v) is 5.75. The van der Waals surface area contributed by atoms with Crippen molar-refractivity contribution in [1.82, 2.24) is 19.7 Å². The fourth-order valence-electron chi connectivity index (χ4n) is 5.75. The molecule has 2 aromatic heterocycles. The lowest BCUT2D eigenvalue weighted by molar-refractivity contribution is 0.384. The van der Waals surface area contributed by atoms with E-state index in [0.717, 1.165) is 34.5 Å². The largest absolute Gasteiger partial charge is 0.420 e. The lowest BCUT2D eigenvalue weighted by Crippen LogP contribution is -2.43. The third-order valence-corrected chi connectivity index (χ3v) is 7.00. The predicted octanol–water partition coefficient (Wildman–Crippen LogP) is 4.66. The summed E-state index contributed by atoms with van der Waals surface area (Å²) in [4.78, 5) is 20.9. The predicted molar refractivity (Wildman–Crippen MR) is 128 cm³/mol. The number of hydrogen-bond donors (Lipinski definition) is 1.